The van der Waals surface area contributed by atoms with Crippen molar-refractivity contribution in [3.63, 3.8) is 0 Å². The van der Waals surface area contributed by atoms with Crippen LogP contribution in [0.3, 0.4) is 0 Å². The van der Waals surface area contributed by atoms with Crippen molar-refractivity contribution in [3.05, 3.63) is 27.8 Å². The molecule has 1 atom stereocenters. The molecule has 8 heteroatoms. The predicted octanol–water partition coefficient (Wildman–Crippen LogP) is 0.638. The van der Waals surface area contributed by atoms with Crippen molar-refractivity contribution in [2.75, 3.05) is 39.9 Å². The summed E-state index contributed by atoms with van der Waals surface area (Å²) in [7, 11) is 1.36. The maximum Gasteiger partial charge on any atom is 0.314 e. The summed E-state index contributed by atoms with van der Waals surface area (Å²) < 4.78 is 5.04. The van der Waals surface area contributed by atoms with Crippen LogP contribution in [-0.4, -0.2) is 59.9 Å². The molecular weight excluding hydrogens is 290 g/mol. The molecular formula is C14H21N3O5. The molecule has 3 N–H and O–H groups in total. The van der Waals surface area contributed by atoms with Crippen LogP contribution in [0.2, 0.25) is 0 Å². The molecule has 1 saturated heterocycles. The van der Waals surface area contributed by atoms with Crippen LogP contribution in [0.5, 0.6) is 11.5 Å². The summed E-state index contributed by atoms with van der Waals surface area (Å²) in [6, 6.07) is 2.81. The van der Waals surface area contributed by atoms with Gasteiger partial charge in [0.05, 0.1) is 12.0 Å². The van der Waals surface area contributed by atoms with E-state index in [-0.39, 0.29) is 24.1 Å². The Balaban J connectivity index is 2.41. The number of aliphatic hydroxyl groups excluding tert-OH is 1. The molecule has 0 radical (unpaired) electrons. The van der Waals surface area contributed by atoms with Gasteiger partial charge in [-0.3, -0.25) is 15.0 Å². The lowest BCUT2D eigenvalue weighted by Gasteiger charge is -2.35. The normalized spacial score (nSPS) is 17.2. The number of aromatic hydroxyl groups is 1. The van der Waals surface area contributed by atoms with Gasteiger partial charge >= 0.3 is 5.69 Å². The van der Waals surface area contributed by atoms with Gasteiger partial charge in [-0.2, -0.15) is 0 Å². The summed E-state index contributed by atoms with van der Waals surface area (Å²) in [5.74, 6) is -0.401. The molecule has 0 aliphatic carbocycles. The number of phenols is 1. The van der Waals surface area contributed by atoms with Crippen molar-refractivity contribution in [2.45, 2.75) is 12.5 Å². The fourth-order valence-corrected chi connectivity index (χ4v) is 2.78. The van der Waals surface area contributed by atoms with Crippen molar-refractivity contribution < 1.29 is 19.9 Å². The summed E-state index contributed by atoms with van der Waals surface area (Å²) in [5, 5.41) is 33.6. The molecule has 8 nitrogen and oxygen atoms in total. The van der Waals surface area contributed by atoms with Gasteiger partial charge in [0.25, 0.3) is 0 Å². The summed E-state index contributed by atoms with van der Waals surface area (Å²) in [6.07, 6.45) is 0.463. The van der Waals surface area contributed by atoms with Gasteiger partial charge in [0, 0.05) is 44.9 Å². The average Bonchev–Trinajstić information content (AvgIpc) is 2.53. The summed E-state index contributed by atoms with van der Waals surface area (Å²) >= 11 is 0. The minimum Gasteiger partial charge on any atom is -0.500 e. The second kappa shape index (κ2) is 7.39. The quantitative estimate of drug-likeness (QED) is 0.522. The number of hydrogen-bond acceptors (Lipinski definition) is 7. The highest BCUT2D eigenvalue weighted by atomic mass is 16.6. The number of hydrogen-bond donors (Lipinski definition) is 3. The highest BCUT2D eigenvalue weighted by molar-refractivity contribution is 5.57. The van der Waals surface area contributed by atoms with E-state index in [1.165, 1.54) is 13.2 Å². The van der Waals surface area contributed by atoms with E-state index in [4.69, 9.17) is 4.74 Å². The molecule has 122 valence electrons. The van der Waals surface area contributed by atoms with Crippen LogP contribution >= 0.6 is 0 Å². The number of aliphatic hydroxyl groups is 1. The molecule has 22 heavy (non-hydrogen) atoms. The lowest BCUT2D eigenvalue weighted by molar-refractivity contribution is -0.386. The molecule has 0 saturated carbocycles. The Morgan fingerprint density at radius 2 is 2.14 bits per heavy atom. The fourth-order valence-electron chi connectivity index (χ4n) is 2.78. The number of benzene rings is 1. The van der Waals surface area contributed by atoms with Gasteiger partial charge in [-0.15, -0.1) is 0 Å². The zero-order valence-corrected chi connectivity index (χ0v) is 12.5. The molecule has 0 amide bonds. The molecule has 1 aliphatic heterocycles. The molecule has 1 aromatic carbocycles. The van der Waals surface area contributed by atoms with Gasteiger partial charge in [-0.1, -0.05) is 0 Å². The van der Waals surface area contributed by atoms with Crippen LogP contribution in [0.1, 0.15) is 18.0 Å². The molecule has 1 heterocycles. The maximum absolute atomic E-state index is 11.1. The lowest BCUT2D eigenvalue weighted by Crippen LogP contribution is -2.45. The number of rotatable bonds is 6. The van der Waals surface area contributed by atoms with Crippen LogP contribution in [0.25, 0.3) is 0 Å². The maximum atomic E-state index is 11.1. The minimum atomic E-state index is -0.630. The third-order valence-corrected chi connectivity index (χ3v) is 3.87. The minimum absolute atomic E-state index is 0.0222. The highest BCUT2D eigenvalue weighted by Crippen LogP contribution is 2.40. The van der Waals surface area contributed by atoms with E-state index in [0.29, 0.717) is 12.0 Å². The molecule has 1 aromatic rings. The van der Waals surface area contributed by atoms with Gasteiger partial charge in [-0.05, 0) is 18.1 Å². The van der Waals surface area contributed by atoms with Crippen LogP contribution < -0.4 is 10.1 Å². The van der Waals surface area contributed by atoms with E-state index in [1.807, 2.05) is 0 Å². The smallest absolute Gasteiger partial charge is 0.314 e. The average molecular weight is 311 g/mol. The van der Waals surface area contributed by atoms with E-state index < -0.39 is 10.7 Å². The predicted molar refractivity (Wildman–Crippen MR) is 80.2 cm³/mol. The molecule has 1 fully saturated rings. The van der Waals surface area contributed by atoms with Gasteiger partial charge in [0.1, 0.15) is 0 Å². The molecule has 0 unspecified atom stereocenters. The number of nitrogens with zero attached hydrogens (tertiary/aromatic N) is 2. The molecule has 0 spiro atoms. The third kappa shape index (κ3) is 3.46. The second-order valence-electron chi connectivity index (χ2n) is 5.16. The largest absolute Gasteiger partial charge is 0.500 e. The zero-order valence-electron chi connectivity index (χ0n) is 12.5. The Morgan fingerprint density at radius 3 is 2.68 bits per heavy atom. The van der Waals surface area contributed by atoms with E-state index >= 15 is 0 Å². The number of phenolic OH excluding ortho intramolecular Hbond substituents is 1. The van der Waals surface area contributed by atoms with Crippen LogP contribution in [0.15, 0.2) is 12.1 Å². The van der Waals surface area contributed by atoms with Crippen molar-refractivity contribution in [1.29, 1.82) is 0 Å². The van der Waals surface area contributed by atoms with E-state index in [0.717, 1.165) is 26.2 Å². The van der Waals surface area contributed by atoms with Crippen molar-refractivity contribution in [1.82, 2.24) is 10.2 Å². The molecule has 0 bridgehead atoms. The Bertz CT molecular complexity index is 531. The number of nitro benzene ring substituents is 1. The van der Waals surface area contributed by atoms with Crippen molar-refractivity contribution in [2.24, 2.45) is 0 Å². The van der Waals surface area contributed by atoms with Crippen LogP contribution in [-0.2, 0) is 0 Å². The highest BCUT2D eigenvalue weighted by Gasteiger charge is 2.27. The monoisotopic (exact) mass is 311 g/mol. The van der Waals surface area contributed by atoms with E-state index in [9.17, 15) is 20.3 Å². The van der Waals surface area contributed by atoms with Crippen molar-refractivity contribution in [3.8, 4) is 11.5 Å². The van der Waals surface area contributed by atoms with Crippen LogP contribution in [0.4, 0.5) is 5.69 Å². The Kier molecular flexibility index (Phi) is 5.53. The number of methoxy groups -OCH3 is 1. The number of ether oxygens (including phenoxy) is 1. The van der Waals surface area contributed by atoms with E-state index in [1.54, 1.807) is 6.07 Å². The van der Waals surface area contributed by atoms with Gasteiger partial charge in [-0.25, -0.2) is 0 Å². The molecule has 0 aromatic heterocycles. The van der Waals surface area contributed by atoms with Crippen LogP contribution in [0, 0.1) is 10.1 Å². The topological polar surface area (TPSA) is 108 Å². The Hall–Kier alpha value is -1.90. The number of nitro groups is 1. The van der Waals surface area contributed by atoms with Gasteiger partial charge < -0.3 is 20.3 Å². The number of nitrogens with one attached hydrogen (secondary N) is 1. The zero-order chi connectivity index (χ0) is 16.1. The SMILES string of the molecule is COc1cc([C@H](CCO)N2CCNCC2)cc([N+](=O)[O-])c1O. The summed E-state index contributed by atoms with van der Waals surface area (Å²) in [5.41, 5.74) is 0.282. The van der Waals surface area contributed by atoms with Crippen molar-refractivity contribution >= 4 is 5.69 Å². The lowest BCUT2D eigenvalue weighted by atomic mass is 10.00. The standard InChI is InChI=1S/C14H21N3O5/c1-22-13-9-10(8-12(14(13)19)17(20)21)11(2-7-18)16-5-3-15-4-6-16/h8-9,11,15,18-19H,2-7H2,1H3/t11-/m0/s1. The van der Waals surface area contributed by atoms with Gasteiger partial charge in [0.2, 0.25) is 5.75 Å². The fraction of sp³-hybridized carbons (Fsp3) is 0.571. The first-order valence-electron chi connectivity index (χ1n) is 7.19. The second-order valence-corrected chi connectivity index (χ2v) is 5.16. The van der Waals surface area contributed by atoms with Gasteiger partial charge in [0.15, 0.2) is 5.75 Å². The molecule has 1 aliphatic rings. The molecule has 2 rings (SSSR count). The first-order chi connectivity index (χ1) is 10.6. The summed E-state index contributed by atoms with van der Waals surface area (Å²) in [4.78, 5) is 12.7. The first-order valence-corrected chi connectivity index (χ1v) is 7.19. The van der Waals surface area contributed by atoms with E-state index in [2.05, 4.69) is 10.2 Å². The Labute approximate surface area is 128 Å². The Morgan fingerprint density at radius 1 is 1.45 bits per heavy atom. The summed E-state index contributed by atoms with van der Waals surface area (Å²) in [6.45, 7) is 3.23. The number of piperazine rings is 1. The third-order valence-electron chi connectivity index (χ3n) is 3.87. The first kappa shape index (κ1) is 16.5.